The quantitative estimate of drug-likeness (QED) is 0.299. The van der Waals surface area contributed by atoms with Crippen LogP contribution in [0.1, 0.15) is 46.5 Å². The largest absolute Gasteiger partial charge is 0.497 e. The van der Waals surface area contributed by atoms with Crippen LogP contribution in [0, 0.1) is 0 Å². The summed E-state index contributed by atoms with van der Waals surface area (Å²) in [7, 11) is 3.39. The molecule has 1 fully saturated rings. The Labute approximate surface area is 189 Å². The fraction of sp³-hybridized carbons (Fsp3) is 0.708. The van der Waals surface area contributed by atoms with E-state index in [1.807, 2.05) is 6.07 Å². The number of nitrogens with zero attached hydrogens (tertiary/aromatic N) is 3. The molecule has 0 unspecified atom stereocenters. The lowest BCUT2D eigenvalue weighted by Crippen LogP contribution is -2.48. The molecule has 2 rings (SSSR count). The Hall–Kier alpha value is -2.15. The van der Waals surface area contributed by atoms with Gasteiger partial charge in [-0.05, 0) is 52.2 Å². The third-order valence-electron chi connectivity index (χ3n) is 5.93. The maximum Gasteiger partial charge on any atom is 0.191 e. The molecule has 1 aromatic rings. The highest BCUT2D eigenvalue weighted by atomic mass is 16.5. The fourth-order valence-electron chi connectivity index (χ4n) is 3.95. The van der Waals surface area contributed by atoms with Gasteiger partial charge in [-0.25, -0.2) is 0 Å². The van der Waals surface area contributed by atoms with E-state index in [1.165, 1.54) is 13.0 Å². The van der Waals surface area contributed by atoms with Crippen LogP contribution in [0.25, 0.3) is 0 Å². The molecular weight excluding hydrogens is 390 g/mol. The van der Waals surface area contributed by atoms with Gasteiger partial charge < -0.3 is 29.9 Å². The maximum absolute atomic E-state index is 5.42. The van der Waals surface area contributed by atoms with Crippen LogP contribution >= 0.6 is 0 Å². The number of anilines is 1. The monoisotopic (exact) mass is 433 g/mol. The van der Waals surface area contributed by atoms with Gasteiger partial charge in [0.05, 0.1) is 14.2 Å². The number of methoxy groups -OCH3 is 2. The number of aliphatic imine (C=N–C) groups is 1. The average molecular weight is 434 g/mol. The number of ether oxygens (including phenoxy) is 2. The number of hydrogen-bond acceptors (Lipinski definition) is 5. The minimum absolute atomic E-state index is 0.442. The summed E-state index contributed by atoms with van der Waals surface area (Å²) < 4.78 is 10.8. The van der Waals surface area contributed by atoms with Gasteiger partial charge in [0.15, 0.2) is 5.96 Å². The third kappa shape index (κ3) is 8.48. The zero-order valence-electron chi connectivity index (χ0n) is 20.2. The van der Waals surface area contributed by atoms with Crippen molar-refractivity contribution in [3.8, 4) is 11.5 Å². The number of nitrogens with one attached hydrogen (secondary N) is 2. The van der Waals surface area contributed by atoms with Gasteiger partial charge in [0, 0.05) is 56.1 Å². The molecule has 7 heteroatoms. The van der Waals surface area contributed by atoms with E-state index in [4.69, 9.17) is 14.5 Å². The van der Waals surface area contributed by atoms with Crippen LogP contribution in [0.15, 0.2) is 23.2 Å². The van der Waals surface area contributed by atoms with Crippen molar-refractivity contribution in [3.05, 3.63) is 18.2 Å². The number of piperidine rings is 1. The van der Waals surface area contributed by atoms with Crippen molar-refractivity contribution in [2.75, 3.05) is 64.9 Å². The summed E-state index contributed by atoms with van der Waals surface area (Å²) in [6.07, 6.45) is 4.48. The van der Waals surface area contributed by atoms with E-state index in [-0.39, 0.29) is 0 Å². The zero-order valence-corrected chi connectivity index (χ0v) is 20.2. The van der Waals surface area contributed by atoms with Crippen molar-refractivity contribution in [2.24, 2.45) is 4.99 Å². The van der Waals surface area contributed by atoms with E-state index in [2.05, 4.69) is 53.3 Å². The summed E-state index contributed by atoms with van der Waals surface area (Å²) in [6, 6.07) is 6.52. The Kier molecular flexibility index (Phi) is 11.4. The van der Waals surface area contributed by atoms with Gasteiger partial charge in [-0.2, -0.15) is 0 Å². The van der Waals surface area contributed by atoms with Crippen LogP contribution < -0.4 is 25.0 Å². The molecule has 0 amide bonds. The topological polar surface area (TPSA) is 61.4 Å². The summed E-state index contributed by atoms with van der Waals surface area (Å²) in [5.74, 6) is 2.61. The third-order valence-corrected chi connectivity index (χ3v) is 5.93. The number of unbranched alkanes of at least 4 members (excludes halogenated alkanes) is 1. The lowest BCUT2D eigenvalue weighted by atomic mass is 10.0. The highest BCUT2D eigenvalue weighted by Gasteiger charge is 2.21. The Morgan fingerprint density at radius 3 is 2.23 bits per heavy atom. The van der Waals surface area contributed by atoms with E-state index >= 15 is 0 Å². The van der Waals surface area contributed by atoms with Gasteiger partial charge in [0.25, 0.3) is 0 Å². The molecule has 176 valence electrons. The van der Waals surface area contributed by atoms with Gasteiger partial charge >= 0.3 is 0 Å². The van der Waals surface area contributed by atoms with Crippen molar-refractivity contribution in [3.63, 3.8) is 0 Å². The van der Waals surface area contributed by atoms with E-state index in [1.54, 1.807) is 14.2 Å². The molecular formula is C24H43N5O2. The van der Waals surface area contributed by atoms with Crippen molar-refractivity contribution in [2.45, 2.75) is 52.5 Å². The van der Waals surface area contributed by atoms with Crippen molar-refractivity contribution >= 4 is 11.6 Å². The van der Waals surface area contributed by atoms with Gasteiger partial charge in [0.2, 0.25) is 0 Å². The molecule has 0 aliphatic carbocycles. The van der Waals surface area contributed by atoms with Crippen LogP contribution in [0.3, 0.4) is 0 Å². The molecule has 0 radical (unpaired) electrons. The minimum atomic E-state index is 0.442. The second kappa shape index (κ2) is 14.0. The van der Waals surface area contributed by atoms with Crippen LogP contribution in [-0.2, 0) is 0 Å². The lowest BCUT2D eigenvalue weighted by Gasteiger charge is -2.34. The molecule has 1 aromatic carbocycles. The Morgan fingerprint density at radius 1 is 1.03 bits per heavy atom. The first-order chi connectivity index (χ1) is 15.1. The molecule has 0 atom stereocenters. The summed E-state index contributed by atoms with van der Waals surface area (Å²) >= 11 is 0. The molecule has 0 saturated carbocycles. The van der Waals surface area contributed by atoms with Crippen LogP contribution in [0.2, 0.25) is 0 Å². The molecule has 1 heterocycles. The highest BCUT2D eigenvalue weighted by molar-refractivity contribution is 5.80. The Bertz CT molecular complexity index is 633. The molecule has 2 N–H and O–H groups in total. The molecule has 1 aliphatic heterocycles. The van der Waals surface area contributed by atoms with Crippen LogP contribution in [0.5, 0.6) is 11.5 Å². The predicted octanol–water partition coefficient (Wildman–Crippen LogP) is 3.35. The van der Waals surface area contributed by atoms with Gasteiger partial charge in [-0.3, -0.25) is 4.99 Å². The first kappa shape index (κ1) is 25.1. The molecule has 1 saturated heterocycles. The minimum Gasteiger partial charge on any atom is -0.497 e. The van der Waals surface area contributed by atoms with E-state index in [0.29, 0.717) is 6.04 Å². The molecule has 1 aliphatic rings. The second-order valence-electron chi connectivity index (χ2n) is 7.97. The van der Waals surface area contributed by atoms with Crippen LogP contribution in [0.4, 0.5) is 5.69 Å². The number of hydrogen-bond donors (Lipinski definition) is 2. The number of guanidine groups is 1. The second-order valence-corrected chi connectivity index (χ2v) is 7.97. The summed E-state index contributed by atoms with van der Waals surface area (Å²) in [5.41, 5.74) is 1.16. The Balaban J connectivity index is 1.82. The first-order valence-electron chi connectivity index (χ1n) is 11.9. The van der Waals surface area contributed by atoms with E-state index in [9.17, 15) is 0 Å². The molecule has 31 heavy (non-hydrogen) atoms. The van der Waals surface area contributed by atoms with Crippen molar-refractivity contribution in [1.82, 2.24) is 15.5 Å². The maximum atomic E-state index is 5.42. The SMILES string of the molecule is CCNC(=NCCCCN(CC)CC)NC1CCN(c2cc(OC)cc(OC)c2)CC1. The number of rotatable bonds is 12. The highest BCUT2D eigenvalue weighted by Crippen LogP contribution is 2.30. The standard InChI is InChI=1S/C24H43N5O2/c1-6-25-24(26-13-9-10-14-28(7-2)8-3)27-20-11-15-29(16-12-20)21-17-22(30-4)19-23(18-21)31-5/h17-20H,6-16H2,1-5H3,(H2,25,26,27). The van der Waals surface area contributed by atoms with Crippen molar-refractivity contribution < 1.29 is 9.47 Å². The average Bonchev–Trinajstić information content (AvgIpc) is 2.81. The summed E-state index contributed by atoms with van der Waals surface area (Å²) in [4.78, 5) is 9.68. The van der Waals surface area contributed by atoms with Crippen molar-refractivity contribution in [1.29, 1.82) is 0 Å². The Morgan fingerprint density at radius 2 is 1.68 bits per heavy atom. The van der Waals surface area contributed by atoms with Gasteiger partial charge in [-0.1, -0.05) is 13.8 Å². The normalized spacial score (nSPS) is 15.3. The summed E-state index contributed by atoms with van der Waals surface area (Å²) in [5, 5.41) is 7.06. The van der Waals surface area contributed by atoms with Gasteiger partial charge in [0.1, 0.15) is 11.5 Å². The predicted molar refractivity (Wildman–Crippen MR) is 131 cm³/mol. The van der Waals surface area contributed by atoms with E-state index < -0.39 is 0 Å². The summed E-state index contributed by atoms with van der Waals surface area (Å²) in [6.45, 7) is 13.8. The molecule has 0 spiro atoms. The molecule has 0 bridgehead atoms. The fourth-order valence-corrected chi connectivity index (χ4v) is 3.95. The lowest BCUT2D eigenvalue weighted by molar-refractivity contribution is 0.297. The van der Waals surface area contributed by atoms with Crippen LogP contribution in [-0.4, -0.2) is 76.9 Å². The number of benzene rings is 1. The first-order valence-corrected chi connectivity index (χ1v) is 11.9. The molecule has 7 nitrogen and oxygen atoms in total. The van der Waals surface area contributed by atoms with E-state index in [0.717, 1.165) is 81.7 Å². The smallest absolute Gasteiger partial charge is 0.191 e. The molecule has 0 aromatic heterocycles. The van der Waals surface area contributed by atoms with Gasteiger partial charge in [-0.15, -0.1) is 0 Å². The zero-order chi connectivity index (χ0) is 22.5.